The summed E-state index contributed by atoms with van der Waals surface area (Å²) in [4.78, 5) is 70.3. The molecular weight excluding hydrogens is 763 g/mol. The normalized spacial score (nSPS) is 20.9. The topological polar surface area (TPSA) is 181 Å². The van der Waals surface area contributed by atoms with Crippen molar-refractivity contribution in [3.63, 3.8) is 0 Å². The van der Waals surface area contributed by atoms with Crippen LogP contribution in [0.5, 0.6) is 5.75 Å². The number of hydrogen-bond donors (Lipinski definition) is 6. The quantitative estimate of drug-likeness (QED) is 0.0976. The Balaban J connectivity index is 1.69. The highest BCUT2D eigenvalue weighted by Crippen LogP contribution is 2.22. The van der Waals surface area contributed by atoms with Gasteiger partial charge < -0.3 is 36.7 Å². The number of phenolic OH excluding ortho intramolecular Hbond substituents is 1. The third-order valence-corrected chi connectivity index (χ3v) is 9.87. The minimum atomic E-state index is -1.09. The maximum absolute atomic E-state index is 14.0. The van der Waals surface area contributed by atoms with Gasteiger partial charge in [0.25, 0.3) is 0 Å². The molecule has 3 aromatic carbocycles. The number of rotatable bonds is 11. The molecule has 0 saturated carbocycles. The molecule has 3 aromatic rings. The van der Waals surface area contributed by atoms with Crippen LogP contribution in [0.15, 0.2) is 60.7 Å². The lowest BCUT2D eigenvalue weighted by Crippen LogP contribution is -2.58. The summed E-state index contributed by atoms with van der Waals surface area (Å²) in [5, 5.41) is 30.9. The fourth-order valence-electron chi connectivity index (χ4n) is 6.18. The average Bonchev–Trinajstić information content (AvgIpc) is 3.10. The predicted molar refractivity (Wildman–Crippen MR) is 204 cm³/mol. The number of benzene rings is 3. The molecule has 1 aliphatic rings. The number of amides is 5. The van der Waals surface area contributed by atoms with E-state index in [4.69, 9.17) is 5.41 Å². The van der Waals surface area contributed by atoms with Crippen LogP contribution in [0.4, 0.5) is 0 Å². The fourth-order valence-corrected chi connectivity index (χ4v) is 6.76. The average molecular weight is 811 g/mol. The summed E-state index contributed by atoms with van der Waals surface area (Å²) in [6, 6.07) is 14.3. The zero-order chi connectivity index (χ0) is 37.1. The highest BCUT2D eigenvalue weighted by Gasteiger charge is 2.35. The van der Waals surface area contributed by atoms with E-state index in [1.165, 1.54) is 18.0 Å². The molecule has 0 spiro atoms. The minimum absolute atomic E-state index is 0.0687. The highest BCUT2D eigenvalue weighted by atomic mass is 127. The first kappa shape index (κ1) is 39.3. The molecule has 51 heavy (non-hydrogen) atoms. The van der Waals surface area contributed by atoms with Crippen molar-refractivity contribution in [3.05, 3.63) is 75.4 Å². The number of halogens is 1. The Hall–Kier alpha value is -4.53. The van der Waals surface area contributed by atoms with Crippen LogP contribution in [0, 0.1) is 8.98 Å². The van der Waals surface area contributed by atoms with E-state index in [0.717, 1.165) is 16.3 Å². The summed E-state index contributed by atoms with van der Waals surface area (Å²) in [6.07, 6.45) is 3.04. The van der Waals surface area contributed by atoms with Crippen molar-refractivity contribution in [3.8, 4) is 5.75 Å². The molecule has 0 bridgehead atoms. The summed E-state index contributed by atoms with van der Waals surface area (Å²) in [7, 11) is 1.50. The van der Waals surface area contributed by atoms with Crippen molar-refractivity contribution < 1.29 is 29.1 Å². The van der Waals surface area contributed by atoms with Crippen molar-refractivity contribution in [2.75, 3.05) is 13.6 Å². The molecule has 1 fully saturated rings. The van der Waals surface area contributed by atoms with E-state index >= 15 is 0 Å². The van der Waals surface area contributed by atoms with Gasteiger partial charge in [-0.2, -0.15) is 0 Å². The van der Waals surface area contributed by atoms with E-state index in [9.17, 15) is 29.1 Å². The largest absolute Gasteiger partial charge is 0.507 e. The second-order valence-corrected chi connectivity index (χ2v) is 14.3. The Labute approximate surface area is 312 Å². The number of unbranched alkanes of at least 4 members (excludes halogenated alkanes) is 1. The van der Waals surface area contributed by atoms with Crippen molar-refractivity contribution in [2.24, 2.45) is 0 Å². The lowest BCUT2D eigenvalue weighted by Gasteiger charge is -2.32. The first-order valence-electron chi connectivity index (χ1n) is 17.3. The molecule has 0 aromatic heterocycles. The smallest absolute Gasteiger partial charge is 0.245 e. The number of likely N-dealkylation sites (N-methyl/N-ethyl adjacent to an activating group) is 1. The Morgan fingerprint density at radius 3 is 2.20 bits per heavy atom. The number of nitrogens with zero attached hydrogens (tertiary/aromatic N) is 1. The zero-order valence-electron chi connectivity index (χ0n) is 29.3. The summed E-state index contributed by atoms with van der Waals surface area (Å²) in [5.41, 5.74) is 1.98. The van der Waals surface area contributed by atoms with Gasteiger partial charge in [0.1, 0.15) is 29.9 Å². The summed E-state index contributed by atoms with van der Waals surface area (Å²) in [5.74, 6) is -2.73. The lowest BCUT2D eigenvalue weighted by atomic mass is 10.00. The van der Waals surface area contributed by atoms with E-state index < -0.39 is 60.2 Å². The van der Waals surface area contributed by atoms with Crippen molar-refractivity contribution >= 4 is 68.6 Å². The monoisotopic (exact) mass is 810 g/mol. The number of aromatic hydroxyl groups is 1. The molecule has 13 heteroatoms. The third kappa shape index (κ3) is 11.2. The van der Waals surface area contributed by atoms with E-state index in [-0.39, 0.29) is 25.0 Å². The van der Waals surface area contributed by atoms with Crippen LogP contribution in [-0.2, 0) is 36.8 Å². The molecule has 4 atom stereocenters. The van der Waals surface area contributed by atoms with E-state index in [2.05, 4.69) is 21.3 Å². The fraction of sp³-hybridized carbons (Fsp3) is 0.421. The molecule has 0 radical (unpaired) electrons. The first-order valence-corrected chi connectivity index (χ1v) is 18.4. The van der Waals surface area contributed by atoms with Crippen molar-refractivity contribution in [2.45, 2.75) is 89.4 Å². The van der Waals surface area contributed by atoms with Gasteiger partial charge >= 0.3 is 0 Å². The Bertz CT molecular complexity index is 1770. The number of hydrogen-bond acceptors (Lipinski definition) is 7. The molecule has 1 heterocycles. The molecule has 0 aliphatic carbocycles. The van der Waals surface area contributed by atoms with Crippen molar-refractivity contribution in [1.29, 1.82) is 5.41 Å². The molecule has 1 saturated heterocycles. The van der Waals surface area contributed by atoms with Crippen LogP contribution in [-0.4, -0.2) is 83.0 Å². The van der Waals surface area contributed by atoms with Gasteiger partial charge in [0, 0.05) is 25.6 Å². The summed E-state index contributed by atoms with van der Waals surface area (Å²) < 4.78 is 0.571. The molecule has 12 nitrogen and oxygen atoms in total. The lowest BCUT2D eigenvalue weighted by molar-refractivity contribution is -0.142. The number of nitrogens with one attached hydrogen (secondary N) is 5. The van der Waals surface area contributed by atoms with Gasteiger partial charge in [-0.25, -0.2) is 0 Å². The molecule has 272 valence electrons. The van der Waals surface area contributed by atoms with Crippen molar-refractivity contribution in [1.82, 2.24) is 26.2 Å². The maximum atomic E-state index is 14.0. The van der Waals surface area contributed by atoms with Crippen LogP contribution < -0.4 is 21.3 Å². The summed E-state index contributed by atoms with van der Waals surface area (Å²) in [6.45, 7) is 3.15. The molecule has 5 amide bonds. The molecule has 1 aliphatic heterocycles. The zero-order valence-corrected chi connectivity index (χ0v) is 31.4. The van der Waals surface area contributed by atoms with Crippen LogP contribution in [0.1, 0.15) is 63.5 Å². The van der Waals surface area contributed by atoms with Gasteiger partial charge in [0.15, 0.2) is 0 Å². The van der Waals surface area contributed by atoms with Crippen LogP contribution in [0.2, 0.25) is 0 Å². The van der Waals surface area contributed by atoms with Gasteiger partial charge in [-0.1, -0.05) is 68.3 Å². The molecule has 6 N–H and O–H groups in total. The standard InChI is InChI=1S/C38H47IN6O6/c1-4-9-32-37(50)43-29(13-8-5-10-23(2)40)36(49)44-30(20-24-14-16-26-11-6-7-12-27(26)18-24)35(48)41-22-34(47)42-31(38(51)45(32)3)21-25-15-17-33(46)28(39)19-25/h6-7,11-12,14-19,29-32,40,46H,4-5,8-10,13,20-22H2,1-3H3,(H,41,48)(H,42,47)(H,43,50)(H,44,49)/t29-,30-,31+,32+/m0/s1. The third-order valence-electron chi connectivity index (χ3n) is 9.00. The van der Waals surface area contributed by atoms with Gasteiger partial charge in [0.2, 0.25) is 29.5 Å². The van der Waals surface area contributed by atoms with Crippen LogP contribution in [0.25, 0.3) is 10.8 Å². The number of fused-ring (bicyclic) bond motifs is 1. The SMILES string of the molecule is CCC[C@@H]1C(=O)N[C@@H](CCCCC(C)=N)C(=O)N[C@@H](Cc2ccc3ccccc3c2)C(=O)NCC(=O)N[C@H](Cc2ccc(O)c(I)c2)C(=O)N1C. The number of phenols is 1. The van der Waals surface area contributed by atoms with Gasteiger partial charge in [-0.05, 0) is 89.2 Å². The first-order chi connectivity index (χ1) is 24.4. The Kier molecular flexibility index (Phi) is 14.3. The predicted octanol–water partition coefficient (Wildman–Crippen LogP) is 3.75. The second kappa shape index (κ2) is 18.6. The molecule has 0 unspecified atom stereocenters. The Morgan fingerprint density at radius 2 is 1.49 bits per heavy atom. The number of carbonyl (C=O) groups excluding carboxylic acids is 5. The van der Waals surface area contributed by atoms with Gasteiger partial charge in [-0.15, -0.1) is 0 Å². The van der Waals surface area contributed by atoms with E-state index in [1.807, 2.05) is 72.0 Å². The number of carbonyl (C=O) groups is 5. The van der Waals surface area contributed by atoms with E-state index in [1.54, 1.807) is 19.1 Å². The van der Waals surface area contributed by atoms with Crippen LogP contribution >= 0.6 is 22.6 Å². The van der Waals surface area contributed by atoms with Gasteiger partial charge in [-0.3, -0.25) is 24.0 Å². The van der Waals surface area contributed by atoms with Crippen LogP contribution in [0.3, 0.4) is 0 Å². The minimum Gasteiger partial charge on any atom is -0.507 e. The maximum Gasteiger partial charge on any atom is 0.245 e. The molecule has 4 rings (SSSR count). The highest BCUT2D eigenvalue weighted by molar-refractivity contribution is 14.1. The molecular formula is C38H47IN6O6. The van der Waals surface area contributed by atoms with Gasteiger partial charge in [0.05, 0.1) is 10.1 Å². The summed E-state index contributed by atoms with van der Waals surface area (Å²) >= 11 is 1.98. The second-order valence-electron chi connectivity index (χ2n) is 13.1. The van der Waals surface area contributed by atoms with E-state index in [0.29, 0.717) is 46.9 Å². The Morgan fingerprint density at radius 1 is 0.824 bits per heavy atom.